The Morgan fingerprint density at radius 2 is 1.92 bits per heavy atom. The molecule has 128 valence electrons. The first kappa shape index (κ1) is 16.6. The lowest BCUT2D eigenvalue weighted by molar-refractivity contribution is -0.389. The van der Waals surface area contributed by atoms with Gasteiger partial charge in [0.2, 0.25) is 0 Å². The number of benzene rings is 1. The predicted octanol–water partition coefficient (Wildman–Crippen LogP) is 4.61. The van der Waals surface area contributed by atoms with Crippen LogP contribution >= 0.6 is 0 Å². The van der Waals surface area contributed by atoms with Gasteiger partial charge in [0, 0.05) is 12.3 Å². The number of nitro groups is 1. The molecule has 0 radical (unpaired) electrons. The highest BCUT2D eigenvalue weighted by molar-refractivity contribution is 5.94. The summed E-state index contributed by atoms with van der Waals surface area (Å²) in [5, 5.41) is 14.8. The lowest BCUT2D eigenvalue weighted by Gasteiger charge is -2.09. The fourth-order valence-corrected chi connectivity index (χ4v) is 2.35. The van der Waals surface area contributed by atoms with Crippen molar-refractivity contribution in [2.24, 2.45) is 0 Å². The number of nitrogens with zero attached hydrogens (tertiary/aromatic N) is 3. The quantitative estimate of drug-likeness (QED) is 0.552. The van der Waals surface area contributed by atoms with E-state index in [4.69, 9.17) is 0 Å². The van der Waals surface area contributed by atoms with Gasteiger partial charge in [-0.1, -0.05) is 17.7 Å². The number of aryl methyl sites for hydroxylation is 1. The standard InChI is InChI=1S/C16H11F3N4O2/c1-9-2-3-12-10(6-9)7-14(23(24)25)22-15(12)21-13-8-11(4-5-20-13)16(17,18)19/h2-8H,1H3,(H,20,21,22). The van der Waals surface area contributed by atoms with Gasteiger partial charge in [-0.25, -0.2) is 4.98 Å². The van der Waals surface area contributed by atoms with Crippen molar-refractivity contribution in [1.82, 2.24) is 9.97 Å². The predicted molar refractivity (Wildman–Crippen MR) is 85.7 cm³/mol. The molecule has 1 N–H and O–H groups in total. The van der Waals surface area contributed by atoms with Gasteiger partial charge in [-0.2, -0.15) is 13.2 Å². The van der Waals surface area contributed by atoms with Crippen molar-refractivity contribution in [2.45, 2.75) is 13.1 Å². The van der Waals surface area contributed by atoms with Crippen molar-refractivity contribution < 1.29 is 18.1 Å². The Hall–Kier alpha value is -3.23. The molecule has 25 heavy (non-hydrogen) atoms. The number of fused-ring (bicyclic) bond motifs is 1. The van der Waals surface area contributed by atoms with E-state index in [0.29, 0.717) is 10.8 Å². The molecular formula is C16H11F3N4O2. The van der Waals surface area contributed by atoms with Crippen molar-refractivity contribution in [2.75, 3.05) is 5.32 Å². The monoisotopic (exact) mass is 348 g/mol. The summed E-state index contributed by atoms with van der Waals surface area (Å²) >= 11 is 0. The summed E-state index contributed by atoms with van der Waals surface area (Å²) in [7, 11) is 0. The number of nitrogens with one attached hydrogen (secondary N) is 1. The minimum Gasteiger partial charge on any atom is -0.358 e. The highest BCUT2D eigenvalue weighted by Gasteiger charge is 2.31. The second-order valence-corrected chi connectivity index (χ2v) is 5.36. The van der Waals surface area contributed by atoms with Gasteiger partial charge in [0.25, 0.3) is 5.82 Å². The van der Waals surface area contributed by atoms with E-state index in [1.807, 2.05) is 6.92 Å². The third-order valence-corrected chi connectivity index (χ3v) is 3.49. The minimum atomic E-state index is -4.52. The molecule has 0 saturated heterocycles. The lowest BCUT2D eigenvalue weighted by Crippen LogP contribution is -2.07. The molecule has 0 saturated carbocycles. The maximum Gasteiger partial charge on any atom is 0.416 e. The zero-order chi connectivity index (χ0) is 18.2. The largest absolute Gasteiger partial charge is 0.416 e. The maximum absolute atomic E-state index is 12.8. The van der Waals surface area contributed by atoms with Gasteiger partial charge in [0.1, 0.15) is 5.82 Å². The summed E-state index contributed by atoms with van der Waals surface area (Å²) in [5.41, 5.74) is 0.00622. The maximum atomic E-state index is 12.8. The second-order valence-electron chi connectivity index (χ2n) is 5.36. The van der Waals surface area contributed by atoms with Gasteiger partial charge in [0.05, 0.1) is 10.9 Å². The van der Waals surface area contributed by atoms with Crippen LogP contribution in [0.25, 0.3) is 10.8 Å². The minimum absolute atomic E-state index is 0.0658. The zero-order valence-electron chi connectivity index (χ0n) is 12.8. The highest BCUT2D eigenvalue weighted by atomic mass is 19.4. The zero-order valence-corrected chi connectivity index (χ0v) is 12.8. The van der Waals surface area contributed by atoms with Crippen LogP contribution in [0.3, 0.4) is 0 Å². The third kappa shape index (κ3) is 3.49. The van der Waals surface area contributed by atoms with Crippen molar-refractivity contribution in [3.63, 3.8) is 0 Å². The molecule has 0 aliphatic carbocycles. The van der Waals surface area contributed by atoms with Crippen LogP contribution in [-0.2, 0) is 6.18 Å². The second kappa shape index (κ2) is 6.00. The molecule has 0 aliphatic heterocycles. The van der Waals surface area contributed by atoms with Crippen LogP contribution in [0, 0.1) is 17.0 Å². The lowest BCUT2D eigenvalue weighted by atomic mass is 10.1. The molecule has 0 unspecified atom stereocenters. The summed E-state index contributed by atoms with van der Waals surface area (Å²) in [6.45, 7) is 1.83. The first-order valence-electron chi connectivity index (χ1n) is 7.10. The van der Waals surface area contributed by atoms with Gasteiger partial charge < -0.3 is 15.4 Å². The Morgan fingerprint density at radius 3 is 2.60 bits per heavy atom. The molecule has 0 amide bonds. The Morgan fingerprint density at radius 1 is 1.16 bits per heavy atom. The number of hydrogen-bond acceptors (Lipinski definition) is 5. The summed E-state index contributed by atoms with van der Waals surface area (Å²) in [6, 6.07) is 8.17. The number of anilines is 2. The summed E-state index contributed by atoms with van der Waals surface area (Å²) in [4.78, 5) is 18.1. The van der Waals surface area contributed by atoms with Gasteiger partial charge in [0.15, 0.2) is 0 Å². The smallest absolute Gasteiger partial charge is 0.358 e. The average Bonchev–Trinajstić information content (AvgIpc) is 2.53. The van der Waals surface area contributed by atoms with E-state index in [9.17, 15) is 23.3 Å². The van der Waals surface area contributed by atoms with Crippen LogP contribution in [0.4, 0.5) is 30.6 Å². The summed E-state index contributed by atoms with van der Waals surface area (Å²) in [6.07, 6.45) is -3.51. The van der Waals surface area contributed by atoms with Crippen LogP contribution in [-0.4, -0.2) is 14.9 Å². The van der Waals surface area contributed by atoms with E-state index < -0.39 is 22.5 Å². The molecule has 0 spiro atoms. The first-order valence-corrected chi connectivity index (χ1v) is 7.10. The fraction of sp³-hybridized carbons (Fsp3) is 0.125. The molecule has 0 aliphatic rings. The Kier molecular flexibility index (Phi) is 3.99. The van der Waals surface area contributed by atoms with Crippen LogP contribution in [0.2, 0.25) is 0 Å². The van der Waals surface area contributed by atoms with E-state index in [1.54, 1.807) is 18.2 Å². The number of rotatable bonds is 3. The molecule has 1 aromatic carbocycles. The number of aromatic nitrogens is 2. The van der Waals surface area contributed by atoms with E-state index in [-0.39, 0.29) is 11.6 Å². The molecular weight excluding hydrogens is 337 g/mol. The van der Waals surface area contributed by atoms with E-state index >= 15 is 0 Å². The first-order chi connectivity index (χ1) is 11.7. The number of pyridine rings is 2. The van der Waals surface area contributed by atoms with E-state index in [2.05, 4.69) is 15.3 Å². The SMILES string of the molecule is Cc1ccc2c(Nc3cc(C(F)(F)F)ccn3)nc([N+](=O)[O-])cc2c1. The number of hydrogen-bond donors (Lipinski definition) is 1. The molecule has 6 nitrogen and oxygen atoms in total. The molecule has 0 atom stereocenters. The van der Waals surface area contributed by atoms with Gasteiger partial charge >= 0.3 is 12.0 Å². The molecule has 0 bridgehead atoms. The van der Waals surface area contributed by atoms with Gasteiger partial charge in [-0.15, -0.1) is 0 Å². The summed E-state index contributed by atoms with van der Waals surface area (Å²) in [5.74, 6) is -0.451. The highest BCUT2D eigenvalue weighted by Crippen LogP contribution is 2.32. The van der Waals surface area contributed by atoms with Crippen LogP contribution in [0.1, 0.15) is 11.1 Å². The van der Waals surface area contributed by atoms with Crippen LogP contribution < -0.4 is 5.32 Å². The van der Waals surface area contributed by atoms with Crippen molar-refractivity contribution >= 4 is 28.2 Å². The Bertz CT molecular complexity index is 973. The molecule has 9 heteroatoms. The topological polar surface area (TPSA) is 81.0 Å². The van der Waals surface area contributed by atoms with Crippen molar-refractivity contribution in [3.8, 4) is 0 Å². The van der Waals surface area contributed by atoms with Crippen molar-refractivity contribution in [3.05, 3.63) is 63.8 Å². The van der Waals surface area contributed by atoms with Gasteiger partial charge in [-0.3, -0.25) is 0 Å². The van der Waals surface area contributed by atoms with Gasteiger partial charge in [-0.05, 0) is 40.4 Å². The molecule has 3 aromatic rings. The normalized spacial score (nSPS) is 11.5. The molecule has 0 fully saturated rings. The Labute approximate surface area is 139 Å². The van der Waals surface area contributed by atoms with Crippen LogP contribution in [0.15, 0.2) is 42.6 Å². The third-order valence-electron chi connectivity index (χ3n) is 3.49. The fourth-order valence-electron chi connectivity index (χ4n) is 2.35. The molecule has 3 rings (SSSR count). The summed E-state index contributed by atoms with van der Waals surface area (Å²) < 4.78 is 38.4. The number of alkyl halides is 3. The molecule has 2 aromatic heterocycles. The van der Waals surface area contributed by atoms with Crippen molar-refractivity contribution in [1.29, 1.82) is 0 Å². The van der Waals surface area contributed by atoms with E-state index in [1.165, 1.54) is 6.07 Å². The van der Waals surface area contributed by atoms with Crippen LogP contribution in [0.5, 0.6) is 0 Å². The Balaban J connectivity index is 2.11. The molecule has 2 heterocycles. The average molecular weight is 348 g/mol. The van der Waals surface area contributed by atoms with E-state index in [0.717, 1.165) is 23.9 Å². The number of halogens is 3.